The number of nitro benzene ring substituents is 1. The Labute approximate surface area is 217 Å². The summed E-state index contributed by atoms with van der Waals surface area (Å²) < 4.78 is 11.4. The quantitative estimate of drug-likeness (QED) is 0.167. The van der Waals surface area contributed by atoms with Gasteiger partial charge in [-0.1, -0.05) is 35.9 Å². The molecule has 0 radical (unpaired) electrons. The number of aromatic nitrogens is 2. The van der Waals surface area contributed by atoms with Crippen molar-refractivity contribution in [2.24, 2.45) is 0 Å². The Morgan fingerprint density at radius 2 is 1.62 bits per heavy atom. The molecule has 1 heterocycles. The van der Waals surface area contributed by atoms with Crippen LogP contribution in [0.3, 0.4) is 0 Å². The standard InChI is InChI=1S/C28H21ClN4O4/c1-2-36-20-11-13-21(14-12-20)37-22-16-18(15-19(17-22)33(34)35)30-28-24-8-4-6-10-26(24)31-27(32-28)23-7-3-5-9-25(23)29/h3-17H,2H2,1H3,(H,30,31,32). The molecule has 0 amide bonds. The van der Waals surface area contributed by atoms with Gasteiger partial charge in [-0.3, -0.25) is 10.1 Å². The van der Waals surface area contributed by atoms with Gasteiger partial charge in [-0.15, -0.1) is 0 Å². The topological polar surface area (TPSA) is 99.4 Å². The van der Waals surface area contributed by atoms with Crippen LogP contribution in [0.4, 0.5) is 17.2 Å². The molecule has 0 saturated carbocycles. The summed E-state index contributed by atoms with van der Waals surface area (Å²) in [6.07, 6.45) is 0. The van der Waals surface area contributed by atoms with Gasteiger partial charge in [-0.2, -0.15) is 0 Å². The number of nitro groups is 1. The average Bonchev–Trinajstić information content (AvgIpc) is 2.90. The number of fused-ring (bicyclic) bond motifs is 1. The molecule has 8 nitrogen and oxygen atoms in total. The lowest BCUT2D eigenvalue weighted by Gasteiger charge is -2.13. The van der Waals surface area contributed by atoms with Crippen molar-refractivity contribution in [3.8, 4) is 28.6 Å². The summed E-state index contributed by atoms with van der Waals surface area (Å²) in [4.78, 5) is 20.6. The fraction of sp³-hybridized carbons (Fsp3) is 0.0714. The molecule has 37 heavy (non-hydrogen) atoms. The summed E-state index contributed by atoms with van der Waals surface area (Å²) in [5.41, 5.74) is 1.68. The van der Waals surface area contributed by atoms with Crippen LogP contribution in [0.25, 0.3) is 22.3 Å². The van der Waals surface area contributed by atoms with E-state index in [-0.39, 0.29) is 5.69 Å². The maximum atomic E-state index is 11.7. The lowest BCUT2D eigenvalue weighted by atomic mass is 10.1. The third-order valence-corrected chi connectivity index (χ3v) is 5.78. The highest BCUT2D eigenvalue weighted by molar-refractivity contribution is 6.33. The van der Waals surface area contributed by atoms with E-state index >= 15 is 0 Å². The van der Waals surface area contributed by atoms with Crippen LogP contribution in [-0.4, -0.2) is 21.5 Å². The molecule has 4 aromatic carbocycles. The first kappa shape index (κ1) is 24.0. The molecule has 0 spiro atoms. The fourth-order valence-electron chi connectivity index (χ4n) is 3.80. The van der Waals surface area contributed by atoms with E-state index < -0.39 is 4.92 Å². The number of rotatable bonds is 8. The molecular formula is C28H21ClN4O4. The molecule has 0 fully saturated rings. The highest BCUT2D eigenvalue weighted by Crippen LogP contribution is 2.34. The first-order chi connectivity index (χ1) is 18.0. The van der Waals surface area contributed by atoms with Crippen molar-refractivity contribution in [2.45, 2.75) is 6.92 Å². The van der Waals surface area contributed by atoms with Gasteiger partial charge < -0.3 is 14.8 Å². The Balaban J connectivity index is 1.53. The molecule has 5 rings (SSSR count). The summed E-state index contributed by atoms with van der Waals surface area (Å²) in [6.45, 7) is 2.45. The van der Waals surface area contributed by atoms with Crippen molar-refractivity contribution in [1.82, 2.24) is 9.97 Å². The van der Waals surface area contributed by atoms with E-state index in [0.29, 0.717) is 57.3 Å². The van der Waals surface area contributed by atoms with E-state index in [2.05, 4.69) is 10.3 Å². The van der Waals surface area contributed by atoms with Crippen molar-refractivity contribution >= 4 is 39.7 Å². The number of non-ortho nitro benzene ring substituents is 1. The number of halogens is 1. The van der Waals surface area contributed by atoms with Crippen LogP contribution in [0.5, 0.6) is 17.2 Å². The zero-order chi connectivity index (χ0) is 25.8. The third-order valence-electron chi connectivity index (χ3n) is 5.45. The van der Waals surface area contributed by atoms with Gasteiger partial charge >= 0.3 is 0 Å². The minimum Gasteiger partial charge on any atom is -0.494 e. The number of hydrogen-bond acceptors (Lipinski definition) is 7. The first-order valence-corrected chi connectivity index (χ1v) is 11.9. The summed E-state index contributed by atoms with van der Waals surface area (Å²) in [7, 11) is 0. The number of benzene rings is 4. The number of nitrogens with one attached hydrogen (secondary N) is 1. The summed E-state index contributed by atoms with van der Waals surface area (Å²) >= 11 is 6.40. The lowest BCUT2D eigenvalue weighted by Crippen LogP contribution is -2.01. The predicted octanol–water partition coefficient (Wildman–Crippen LogP) is 7.79. The normalized spacial score (nSPS) is 10.8. The monoisotopic (exact) mass is 512 g/mol. The van der Waals surface area contributed by atoms with Crippen LogP contribution in [0.2, 0.25) is 5.02 Å². The summed E-state index contributed by atoms with van der Waals surface area (Å²) in [5, 5.41) is 16.2. The molecule has 1 N–H and O–H groups in total. The van der Waals surface area contributed by atoms with Crippen LogP contribution < -0.4 is 14.8 Å². The minimum absolute atomic E-state index is 0.129. The molecule has 0 atom stereocenters. The first-order valence-electron chi connectivity index (χ1n) is 11.5. The third kappa shape index (κ3) is 5.44. The van der Waals surface area contributed by atoms with E-state index in [9.17, 15) is 10.1 Å². The van der Waals surface area contributed by atoms with Gasteiger partial charge in [0.2, 0.25) is 0 Å². The molecule has 184 valence electrons. The number of ether oxygens (including phenoxy) is 2. The van der Waals surface area contributed by atoms with E-state index in [1.165, 1.54) is 12.1 Å². The van der Waals surface area contributed by atoms with Gasteiger partial charge in [0.25, 0.3) is 5.69 Å². The lowest BCUT2D eigenvalue weighted by molar-refractivity contribution is -0.384. The zero-order valence-corrected chi connectivity index (χ0v) is 20.5. The molecule has 1 aromatic heterocycles. The van der Waals surface area contributed by atoms with E-state index in [1.807, 2.05) is 49.4 Å². The Kier molecular flexibility index (Phi) is 6.83. The molecule has 0 bridgehead atoms. The number of para-hydroxylation sites is 1. The van der Waals surface area contributed by atoms with Crippen molar-refractivity contribution in [3.63, 3.8) is 0 Å². The van der Waals surface area contributed by atoms with Gasteiger partial charge in [0.15, 0.2) is 5.82 Å². The Hall–Kier alpha value is -4.69. The van der Waals surface area contributed by atoms with Gasteiger partial charge in [0, 0.05) is 23.1 Å². The smallest absolute Gasteiger partial charge is 0.275 e. The Morgan fingerprint density at radius 3 is 2.38 bits per heavy atom. The number of anilines is 2. The molecule has 0 aliphatic carbocycles. The molecule has 9 heteroatoms. The fourth-order valence-corrected chi connectivity index (χ4v) is 4.02. The zero-order valence-electron chi connectivity index (χ0n) is 19.7. The minimum atomic E-state index is -0.469. The Morgan fingerprint density at radius 1 is 0.892 bits per heavy atom. The molecule has 0 saturated heterocycles. The van der Waals surface area contributed by atoms with Crippen molar-refractivity contribution in [1.29, 1.82) is 0 Å². The highest BCUT2D eigenvalue weighted by Gasteiger charge is 2.15. The summed E-state index contributed by atoms with van der Waals surface area (Å²) in [5.74, 6) is 2.44. The summed E-state index contributed by atoms with van der Waals surface area (Å²) in [6, 6.07) is 26.3. The maximum absolute atomic E-state index is 11.7. The van der Waals surface area contributed by atoms with Crippen LogP contribution in [-0.2, 0) is 0 Å². The largest absolute Gasteiger partial charge is 0.494 e. The van der Waals surface area contributed by atoms with Crippen LogP contribution in [0, 0.1) is 10.1 Å². The van der Waals surface area contributed by atoms with E-state index in [1.54, 1.807) is 36.4 Å². The SMILES string of the molecule is CCOc1ccc(Oc2cc(Nc3nc(-c4ccccc4Cl)nc4ccccc34)cc([N+](=O)[O-])c2)cc1. The van der Waals surface area contributed by atoms with Crippen molar-refractivity contribution in [3.05, 3.63) is 106 Å². The van der Waals surface area contributed by atoms with Crippen LogP contribution in [0.15, 0.2) is 91.0 Å². The van der Waals surface area contributed by atoms with Gasteiger partial charge in [-0.25, -0.2) is 9.97 Å². The van der Waals surface area contributed by atoms with Gasteiger partial charge in [0.1, 0.15) is 23.1 Å². The van der Waals surface area contributed by atoms with Crippen molar-refractivity contribution < 1.29 is 14.4 Å². The second kappa shape index (κ2) is 10.5. The van der Waals surface area contributed by atoms with E-state index in [4.69, 9.17) is 26.1 Å². The second-order valence-corrected chi connectivity index (χ2v) is 8.40. The highest BCUT2D eigenvalue weighted by atomic mass is 35.5. The second-order valence-electron chi connectivity index (χ2n) is 8.00. The molecular weight excluding hydrogens is 492 g/mol. The molecule has 0 aliphatic heterocycles. The molecule has 0 unspecified atom stereocenters. The van der Waals surface area contributed by atoms with Crippen molar-refractivity contribution in [2.75, 3.05) is 11.9 Å². The maximum Gasteiger partial charge on any atom is 0.275 e. The van der Waals surface area contributed by atoms with Crippen LogP contribution in [0.1, 0.15) is 6.92 Å². The van der Waals surface area contributed by atoms with E-state index in [0.717, 1.165) is 5.39 Å². The number of hydrogen-bond donors (Lipinski definition) is 1. The number of nitrogens with zero attached hydrogens (tertiary/aromatic N) is 3. The molecule has 5 aromatic rings. The van der Waals surface area contributed by atoms with Crippen LogP contribution >= 0.6 is 11.6 Å². The van der Waals surface area contributed by atoms with Gasteiger partial charge in [-0.05, 0) is 55.5 Å². The molecule has 0 aliphatic rings. The Bertz CT molecular complexity index is 1590. The predicted molar refractivity (Wildman–Crippen MR) is 144 cm³/mol. The van der Waals surface area contributed by atoms with Gasteiger partial charge in [0.05, 0.1) is 33.8 Å². The average molecular weight is 513 g/mol.